The zero-order chi connectivity index (χ0) is 9.97. The third-order valence-corrected chi connectivity index (χ3v) is 2.34. The first kappa shape index (κ1) is 9.14. The summed E-state index contributed by atoms with van der Waals surface area (Å²) in [4.78, 5) is 11.3. The second-order valence-electron chi connectivity index (χ2n) is 3.20. The summed E-state index contributed by atoms with van der Waals surface area (Å²) < 4.78 is 4.61. The summed E-state index contributed by atoms with van der Waals surface area (Å²) >= 11 is 0. The van der Waals surface area contributed by atoms with E-state index in [9.17, 15) is 4.79 Å². The van der Waals surface area contributed by atoms with Gasteiger partial charge >= 0.3 is 5.97 Å². The van der Waals surface area contributed by atoms with Crippen molar-refractivity contribution in [2.24, 2.45) is 0 Å². The van der Waals surface area contributed by atoms with Crippen LogP contribution in [-0.4, -0.2) is 35.0 Å². The van der Waals surface area contributed by atoms with Gasteiger partial charge in [-0.05, 0) is 19.4 Å². The van der Waals surface area contributed by atoms with Gasteiger partial charge < -0.3 is 10.1 Å². The Bertz CT molecular complexity index is 330. The number of hydrogen-bond acceptors (Lipinski definition) is 5. The van der Waals surface area contributed by atoms with Crippen LogP contribution in [0.5, 0.6) is 0 Å². The van der Waals surface area contributed by atoms with Crippen LogP contribution < -0.4 is 5.32 Å². The van der Waals surface area contributed by atoms with Gasteiger partial charge in [0.15, 0.2) is 5.69 Å². The van der Waals surface area contributed by atoms with E-state index < -0.39 is 5.97 Å². The van der Waals surface area contributed by atoms with E-state index >= 15 is 0 Å². The number of esters is 1. The molecule has 2 heterocycles. The van der Waals surface area contributed by atoms with Crippen LogP contribution in [-0.2, 0) is 4.74 Å². The first-order valence-corrected chi connectivity index (χ1v) is 4.55. The number of rotatable bonds is 2. The number of aromatic amines is 1. The van der Waals surface area contributed by atoms with E-state index in [4.69, 9.17) is 0 Å². The molecule has 1 fully saturated rings. The lowest BCUT2D eigenvalue weighted by atomic mass is 10.1. The Hall–Kier alpha value is -1.43. The molecule has 0 aromatic carbocycles. The van der Waals surface area contributed by atoms with Crippen LogP contribution in [0.1, 0.15) is 35.1 Å². The standard InChI is InChI=1S/C8H12N4O2/c1-14-8(13)7-6(10-12-11-7)5-3-2-4-9-5/h5,9H,2-4H2,1H3,(H,10,11,12). The lowest BCUT2D eigenvalue weighted by molar-refractivity contribution is 0.0592. The number of ether oxygens (including phenoxy) is 1. The minimum atomic E-state index is -0.442. The maximum absolute atomic E-state index is 11.3. The summed E-state index contributed by atoms with van der Waals surface area (Å²) in [7, 11) is 1.34. The number of carbonyl (C=O) groups excluding carboxylic acids is 1. The van der Waals surface area contributed by atoms with Crippen molar-refractivity contribution in [2.75, 3.05) is 13.7 Å². The van der Waals surface area contributed by atoms with Gasteiger partial charge in [-0.25, -0.2) is 4.79 Å². The predicted molar refractivity (Wildman–Crippen MR) is 47.7 cm³/mol. The molecule has 1 aromatic rings. The Morgan fingerprint density at radius 2 is 2.43 bits per heavy atom. The fraction of sp³-hybridized carbons (Fsp3) is 0.625. The second-order valence-corrected chi connectivity index (χ2v) is 3.20. The molecule has 2 rings (SSSR count). The average Bonchev–Trinajstić information content (AvgIpc) is 2.85. The van der Waals surface area contributed by atoms with Crippen molar-refractivity contribution in [3.05, 3.63) is 11.4 Å². The SMILES string of the molecule is COC(=O)c1n[nH]nc1C1CCCN1. The van der Waals surface area contributed by atoms with Gasteiger partial charge in [0, 0.05) is 0 Å². The van der Waals surface area contributed by atoms with E-state index in [1.54, 1.807) is 0 Å². The van der Waals surface area contributed by atoms with Crippen molar-refractivity contribution in [1.29, 1.82) is 0 Å². The molecule has 1 aliphatic rings. The van der Waals surface area contributed by atoms with Crippen LogP contribution in [0.4, 0.5) is 0 Å². The number of nitrogens with zero attached hydrogens (tertiary/aromatic N) is 2. The lowest BCUT2D eigenvalue weighted by Crippen LogP contribution is -2.17. The first-order valence-electron chi connectivity index (χ1n) is 4.55. The number of H-pyrrole nitrogens is 1. The van der Waals surface area contributed by atoms with Crippen LogP contribution in [0.25, 0.3) is 0 Å². The Kier molecular flexibility index (Phi) is 2.45. The third-order valence-electron chi connectivity index (χ3n) is 2.34. The molecule has 6 heteroatoms. The fourth-order valence-corrected chi connectivity index (χ4v) is 1.65. The van der Waals surface area contributed by atoms with Gasteiger partial charge in [0.05, 0.1) is 13.2 Å². The normalized spacial score (nSPS) is 21.1. The van der Waals surface area contributed by atoms with Crippen LogP contribution >= 0.6 is 0 Å². The van der Waals surface area contributed by atoms with Gasteiger partial charge in [-0.1, -0.05) is 0 Å². The quantitative estimate of drug-likeness (QED) is 0.651. The molecule has 0 amide bonds. The van der Waals surface area contributed by atoms with Crippen LogP contribution in [0.2, 0.25) is 0 Å². The Morgan fingerprint density at radius 1 is 1.57 bits per heavy atom. The molecule has 1 saturated heterocycles. The molecular weight excluding hydrogens is 184 g/mol. The van der Waals surface area contributed by atoms with Crippen molar-refractivity contribution >= 4 is 5.97 Å². The molecule has 0 saturated carbocycles. The summed E-state index contributed by atoms with van der Waals surface area (Å²) in [5, 5.41) is 13.4. The van der Waals surface area contributed by atoms with Crippen molar-refractivity contribution in [1.82, 2.24) is 20.7 Å². The van der Waals surface area contributed by atoms with E-state index in [1.165, 1.54) is 7.11 Å². The molecule has 1 unspecified atom stereocenters. The molecule has 1 atom stereocenters. The minimum absolute atomic E-state index is 0.128. The molecule has 6 nitrogen and oxygen atoms in total. The predicted octanol–water partition coefficient (Wildman–Crippen LogP) is 0.0158. The number of methoxy groups -OCH3 is 1. The molecule has 0 spiro atoms. The molecule has 14 heavy (non-hydrogen) atoms. The zero-order valence-electron chi connectivity index (χ0n) is 7.91. The fourth-order valence-electron chi connectivity index (χ4n) is 1.65. The van der Waals surface area contributed by atoms with Gasteiger partial charge in [-0.15, -0.1) is 5.10 Å². The Labute approximate surface area is 81.0 Å². The average molecular weight is 196 g/mol. The molecular formula is C8H12N4O2. The Morgan fingerprint density at radius 3 is 3.07 bits per heavy atom. The largest absolute Gasteiger partial charge is 0.464 e. The van der Waals surface area contributed by atoms with Gasteiger partial charge in [-0.3, -0.25) is 0 Å². The summed E-state index contributed by atoms with van der Waals surface area (Å²) in [5.41, 5.74) is 0.946. The minimum Gasteiger partial charge on any atom is -0.464 e. The van der Waals surface area contributed by atoms with E-state index in [0.29, 0.717) is 5.69 Å². The summed E-state index contributed by atoms with van der Waals surface area (Å²) in [5.74, 6) is -0.442. The van der Waals surface area contributed by atoms with Crippen molar-refractivity contribution in [3.8, 4) is 0 Å². The highest BCUT2D eigenvalue weighted by atomic mass is 16.5. The number of carbonyl (C=O) groups is 1. The van der Waals surface area contributed by atoms with Gasteiger partial charge in [0.2, 0.25) is 0 Å². The third kappa shape index (κ3) is 1.48. The van der Waals surface area contributed by atoms with Crippen LogP contribution in [0.15, 0.2) is 0 Å². The number of nitrogens with one attached hydrogen (secondary N) is 2. The molecule has 1 aromatic heterocycles. The Balaban J connectivity index is 2.24. The molecule has 0 aliphatic carbocycles. The summed E-state index contributed by atoms with van der Waals surface area (Å²) in [6.45, 7) is 0.956. The second kappa shape index (κ2) is 3.75. The molecule has 0 bridgehead atoms. The van der Waals surface area contributed by atoms with Gasteiger partial charge in [-0.2, -0.15) is 10.3 Å². The number of aromatic nitrogens is 3. The van der Waals surface area contributed by atoms with E-state index in [1.807, 2.05) is 0 Å². The van der Waals surface area contributed by atoms with Gasteiger partial charge in [0.25, 0.3) is 0 Å². The van der Waals surface area contributed by atoms with Crippen LogP contribution in [0, 0.1) is 0 Å². The molecule has 2 N–H and O–H groups in total. The number of hydrogen-bond donors (Lipinski definition) is 2. The topological polar surface area (TPSA) is 79.9 Å². The van der Waals surface area contributed by atoms with E-state index in [-0.39, 0.29) is 11.7 Å². The first-order chi connectivity index (χ1) is 6.83. The highest BCUT2D eigenvalue weighted by molar-refractivity contribution is 5.88. The molecule has 76 valence electrons. The van der Waals surface area contributed by atoms with E-state index in [0.717, 1.165) is 19.4 Å². The zero-order valence-corrected chi connectivity index (χ0v) is 7.91. The highest BCUT2D eigenvalue weighted by Gasteiger charge is 2.26. The maximum Gasteiger partial charge on any atom is 0.360 e. The van der Waals surface area contributed by atoms with E-state index in [2.05, 4.69) is 25.5 Å². The molecule has 1 aliphatic heterocycles. The lowest BCUT2D eigenvalue weighted by Gasteiger charge is -2.06. The van der Waals surface area contributed by atoms with Crippen molar-refractivity contribution in [3.63, 3.8) is 0 Å². The summed E-state index contributed by atoms with van der Waals surface area (Å²) in [6, 6.07) is 0.128. The summed E-state index contributed by atoms with van der Waals surface area (Å²) in [6.07, 6.45) is 2.08. The smallest absolute Gasteiger partial charge is 0.360 e. The molecule has 0 radical (unpaired) electrons. The monoisotopic (exact) mass is 196 g/mol. The van der Waals surface area contributed by atoms with Crippen molar-refractivity contribution < 1.29 is 9.53 Å². The maximum atomic E-state index is 11.3. The van der Waals surface area contributed by atoms with Crippen molar-refractivity contribution in [2.45, 2.75) is 18.9 Å². The van der Waals surface area contributed by atoms with Crippen LogP contribution in [0.3, 0.4) is 0 Å². The van der Waals surface area contributed by atoms with Gasteiger partial charge in [0.1, 0.15) is 5.69 Å². The highest BCUT2D eigenvalue weighted by Crippen LogP contribution is 2.23.